The Bertz CT molecular complexity index is 711. The Morgan fingerprint density at radius 1 is 1.29 bits per heavy atom. The topological polar surface area (TPSA) is 104 Å². The minimum Gasteiger partial charge on any atom is -0.496 e. The van der Waals surface area contributed by atoms with E-state index in [1.54, 1.807) is 18.2 Å². The SMILES string of the molecule is COc1cccc(OC)c1C(=O)Nc1nc(CSCC(N)=O)cs1. The van der Waals surface area contributed by atoms with Gasteiger partial charge < -0.3 is 15.2 Å². The maximum Gasteiger partial charge on any atom is 0.265 e. The van der Waals surface area contributed by atoms with Crippen LogP contribution in [0.15, 0.2) is 23.6 Å². The summed E-state index contributed by atoms with van der Waals surface area (Å²) in [6.45, 7) is 0. The maximum atomic E-state index is 12.5. The Morgan fingerprint density at radius 2 is 1.96 bits per heavy atom. The van der Waals surface area contributed by atoms with E-state index in [1.807, 2.05) is 5.38 Å². The molecule has 0 aliphatic heterocycles. The number of carbonyl (C=O) groups excluding carboxylic acids is 2. The van der Waals surface area contributed by atoms with Crippen molar-refractivity contribution in [2.45, 2.75) is 5.75 Å². The van der Waals surface area contributed by atoms with Gasteiger partial charge in [-0.2, -0.15) is 0 Å². The number of amides is 2. The third kappa shape index (κ3) is 4.62. The predicted molar refractivity (Wildman–Crippen MR) is 95.0 cm³/mol. The van der Waals surface area contributed by atoms with E-state index in [1.165, 1.54) is 37.3 Å². The lowest BCUT2D eigenvalue weighted by molar-refractivity contribution is -0.115. The van der Waals surface area contributed by atoms with Crippen molar-refractivity contribution in [3.63, 3.8) is 0 Å². The Kier molecular flexibility index (Phi) is 6.44. The third-order valence-corrected chi connectivity index (χ3v) is 4.72. The van der Waals surface area contributed by atoms with Gasteiger partial charge in [-0.25, -0.2) is 4.98 Å². The van der Waals surface area contributed by atoms with E-state index < -0.39 is 0 Å². The minimum atomic E-state index is -0.368. The number of benzene rings is 1. The molecular weight excluding hydrogens is 350 g/mol. The summed E-state index contributed by atoms with van der Waals surface area (Å²) in [5, 5.41) is 5.02. The van der Waals surface area contributed by atoms with Crippen molar-refractivity contribution >= 4 is 40.0 Å². The number of hydrogen-bond donors (Lipinski definition) is 2. The Hall–Kier alpha value is -2.26. The van der Waals surface area contributed by atoms with Crippen molar-refractivity contribution in [3.05, 3.63) is 34.8 Å². The van der Waals surface area contributed by atoms with Gasteiger partial charge in [-0.05, 0) is 12.1 Å². The van der Waals surface area contributed by atoms with Crippen LogP contribution in [-0.2, 0) is 10.5 Å². The van der Waals surface area contributed by atoms with Crippen LogP contribution in [0.4, 0.5) is 5.13 Å². The molecule has 0 saturated carbocycles. The summed E-state index contributed by atoms with van der Waals surface area (Å²) >= 11 is 2.68. The van der Waals surface area contributed by atoms with Gasteiger partial charge in [0, 0.05) is 11.1 Å². The van der Waals surface area contributed by atoms with E-state index in [2.05, 4.69) is 10.3 Å². The second-order valence-corrected chi connectivity index (χ2v) is 6.44. The first-order valence-corrected chi connectivity index (χ1v) is 8.91. The molecule has 24 heavy (non-hydrogen) atoms. The first-order chi connectivity index (χ1) is 11.5. The lowest BCUT2D eigenvalue weighted by Crippen LogP contribution is -2.14. The number of nitrogens with two attached hydrogens (primary N) is 1. The van der Waals surface area contributed by atoms with Crippen LogP contribution in [-0.4, -0.2) is 36.8 Å². The normalized spacial score (nSPS) is 10.2. The van der Waals surface area contributed by atoms with Crippen molar-refractivity contribution in [2.24, 2.45) is 5.73 Å². The fraction of sp³-hybridized carbons (Fsp3) is 0.267. The highest BCUT2D eigenvalue weighted by molar-refractivity contribution is 7.99. The highest BCUT2D eigenvalue weighted by Crippen LogP contribution is 2.29. The number of thiazole rings is 1. The molecule has 0 saturated heterocycles. The number of primary amides is 1. The largest absolute Gasteiger partial charge is 0.496 e. The van der Waals surface area contributed by atoms with Crippen molar-refractivity contribution in [1.82, 2.24) is 4.98 Å². The van der Waals surface area contributed by atoms with Crippen LogP contribution in [0.1, 0.15) is 16.1 Å². The molecule has 2 amide bonds. The fourth-order valence-corrected chi connectivity index (χ4v) is 3.39. The Labute approximate surface area is 147 Å². The number of hydrogen-bond acceptors (Lipinski definition) is 7. The molecule has 1 aromatic carbocycles. The van der Waals surface area contributed by atoms with Crippen LogP contribution in [0.25, 0.3) is 0 Å². The summed E-state index contributed by atoms with van der Waals surface area (Å²) in [5.41, 5.74) is 6.17. The number of aromatic nitrogens is 1. The molecule has 0 fully saturated rings. The van der Waals surface area contributed by atoms with Crippen LogP contribution >= 0.6 is 23.1 Å². The van der Waals surface area contributed by atoms with Crippen molar-refractivity contribution in [1.29, 1.82) is 0 Å². The molecule has 0 spiro atoms. The molecule has 0 aliphatic carbocycles. The Balaban J connectivity index is 2.08. The van der Waals surface area contributed by atoms with Crippen molar-refractivity contribution in [3.8, 4) is 11.5 Å². The van der Waals surface area contributed by atoms with E-state index in [9.17, 15) is 9.59 Å². The molecule has 2 aromatic rings. The summed E-state index contributed by atoms with van der Waals surface area (Å²) in [6, 6.07) is 5.11. The molecule has 2 rings (SSSR count). The van der Waals surface area contributed by atoms with Crippen LogP contribution in [0.3, 0.4) is 0 Å². The minimum absolute atomic E-state index is 0.234. The first kappa shape index (κ1) is 18.1. The molecule has 1 heterocycles. The average molecular weight is 367 g/mol. The van der Waals surface area contributed by atoms with Gasteiger partial charge >= 0.3 is 0 Å². The summed E-state index contributed by atoms with van der Waals surface area (Å²) in [6.07, 6.45) is 0. The van der Waals surface area contributed by atoms with Crippen LogP contribution in [0, 0.1) is 0 Å². The van der Waals surface area contributed by atoms with E-state index in [0.29, 0.717) is 27.9 Å². The van der Waals surface area contributed by atoms with Gasteiger partial charge in [0.05, 0.1) is 25.7 Å². The van der Waals surface area contributed by atoms with E-state index in [-0.39, 0.29) is 17.6 Å². The van der Waals surface area contributed by atoms with Gasteiger partial charge in [-0.3, -0.25) is 14.9 Å². The van der Waals surface area contributed by atoms with Crippen LogP contribution in [0.2, 0.25) is 0 Å². The summed E-state index contributed by atoms with van der Waals surface area (Å²) in [4.78, 5) is 27.6. The molecule has 0 atom stereocenters. The number of thioether (sulfide) groups is 1. The van der Waals surface area contributed by atoms with Gasteiger partial charge in [0.25, 0.3) is 5.91 Å². The molecule has 1 aromatic heterocycles. The van der Waals surface area contributed by atoms with Crippen molar-refractivity contribution < 1.29 is 19.1 Å². The second kappa shape index (κ2) is 8.55. The molecule has 9 heteroatoms. The molecule has 0 radical (unpaired) electrons. The van der Waals surface area contributed by atoms with Gasteiger partial charge in [0.1, 0.15) is 17.1 Å². The summed E-state index contributed by atoms with van der Waals surface area (Å²) < 4.78 is 10.4. The number of methoxy groups -OCH3 is 2. The fourth-order valence-electron chi connectivity index (χ4n) is 1.92. The molecule has 3 N–H and O–H groups in total. The zero-order chi connectivity index (χ0) is 17.5. The Morgan fingerprint density at radius 3 is 2.54 bits per heavy atom. The number of nitrogens with one attached hydrogen (secondary N) is 1. The first-order valence-electron chi connectivity index (χ1n) is 6.88. The van der Waals surface area contributed by atoms with E-state index in [0.717, 1.165) is 5.69 Å². The maximum absolute atomic E-state index is 12.5. The highest BCUT2D eigenvalue weighted by Gasteiger charge is 2.19. The number of ether oxygens (including phenoxy) is 2. The molecule has 128 valence electrons. The molecular formula is C15H17N3O4S2. The summed E-state index contributed by atoms with van der Waals surface area (Å²) in [7, 11) is 2.98. The summed E-state index contributed by atoms with van der Waals surface area (Å²) in [5.74, 6) is 0.883. The average Bonchev–Trinajstić information content (AvgIpc) is 3.00. The lowest BCUT2D eigenvalue weighted by Gasteiger charge is -2.11. The van der Waals surface area contributed by atoms with E-state index in [4.69, 9.17) is 15.2 Å². The van der Waals surface area contributed by atoms with Gasteiger partial charge in [-0.15, -0.1) is 23.1 Å². The zero-order valence-electron chi connectivity index (χ0n) is 13.2. The van der Waals surface area contributed by atoms with Crippen molar-refractivity contribution in [2.75, 3.05) is 25.3 Å². The number of nitrogens with zero attached hydrogens (tertiary/aromatic N) is 1. The molecule has 0 unspecified atom stereocenters. The zero-order valence-corrected chi connectivity index (χ0v) is 14.8. The van der Waals surface area contributed by atoms with Crippen LogP contribution in [0.5, 0.6) is 11.5 Å². The predicted octanol–water partition coefficient (Wildman–Crippen LogP) is 2.13. The van der Waals surface area contributed by atoms with Gasteiger partial charge in [0.2, 0.25) is 5.91 Å². The van der Waals surface area contributed by atoms with Gasteiger partial charge in [-0.1, -0.05) is 6.07 Å². The van der Waals surface area contributed by atoms with E-state index >= 15 is 0 Å². The number of anilines is 1. The lowest BCUT2D eigenvalue weighted by atomic mass is 10.1. The van der Waals surface area contributed by atoms with Crippen LogP contribution < -0.4 is 20.5 Å². The number of carbonyl (C=O) groups is 2. The highest BCUT2D eigenvalue weighted by atomic mass is 32.2. The molecule has 7 nitrogen and oxygen atoms in total. The smallest absolute Gasteiger partial charge is 0.265 e. The quantitative estimate of drug-likeness (QED) is 0.741. The molecule has 0 aliphatic rings. The molecule has 0 bridgehead atoms. The third-order valence-electron chi connectivity index (χ3n) is 2.92. The number of rotatable bonds is 8. The second-order valence-electron chi connectivity index (χ2n) is 4.59. The monoisotopic (exact) mass is 367 g/mol. The van der Waals surface area contributed by atoms with Gasteiger partial charge in [0.15, 0.2) is 5.13 Å². The standard InChI is InChI=1S/C15H17N3O4S2/c1-21-10-4-3-5-11(22-2)13(10)14(20)18-15-17-9(7-24-15)6-23-8-12(16)19/h3-5,7H,6,8H2,1-2H3,(H2,16,19)(H,17,18,20).